The Morgan fingerprint density at radius 2 is 1.42 bits per heavy atom. The normalized spacial score (nSPS) is 11.5. The fourth-order valence-corrected chi connectivity index (χ4v) is 2.94. The molecule has 0 atom stereocenters. The molecule has 0 bridgehead atoms. The zero-order chi connectivity index (χ0) is 24.0. The van der Waals surface area contributed by atoms with E-state index in [0.717, 1.165) is 24.6 Å². The third-order valence-corrected chi connectivity index (χ3v) is 4.90. The maximum absolute atomic E-state index is 11.1. The maximum atomic E-state index is 11.1. The van der Waals surface area contributed by atoms with Crippen molar-refractivity contribution in [2.24, 2.45) is 5.92 Å². The Balaban J connectivity index is 1.83. The molecule has 9 nitrogen and oxygen atoms in total. The van der Waals surface area contributed by atoms with E-state index in [-0.39, 0.29) is 12.4 Å². The van der Waals surface area contributed by atoms with Crippen LogP contribution in [0, 0.1) is 5.92 Å². The summed E-state index contributed by atoms with van der Waals surface area (Å²) in [6, 6.07) is 0. The van der Waals surface area contributed by atoms with Crippen LogP contribution in [0.4, 0.5) is 0 Å². The molecular formula is C24H45N3O6. The van der Waals surface area contributed by atoms with Gasteiger partial charge >= 0.3 is 0 Å². The van der Waals surface area contributed by atoms with Crippen molar-refractivity contribution in [1.82, 2.24) is 15.0 Å². The van der Waals surface area contributed by atoms with Crippen molar-refractivity contribution in [3.05, 3.63) is 11.9 Å². The lowest BCUT2D eigenvalue weighted by Gasteiger charge is -2.07. The van der Waals surface area contributed by atoms with E-state index in [1.54, 1.807) is 0 Å². The number of aromatic nitrogens is 3. The Bertz CT molecular complexity index is 582. The Labute approximate surface area is 199 Å². The topological polar surface area (TPSA) is 93.9 Å². The van der Waals surface area contributed by atoms with Crippen molar-refractivity contribution in [3.63, 3.8) is 0 Å². The van der Waals surface area contributed by atoms with Gasteiger partial charge in [0.1, 0.15) is 12.3 Å². The second-order valence-electron chi connectivity index (χ2n) is 8.40. The van der Waals surface area contributed by atoms with Gasteiger partial charge in [-0.2, -0.15) is 0 Å². The van der Waals surface area contributed by atoms with Crippen LogP contribution < -0.4 is 0 Å². The summed E-state index contributed by atoms with van der Waals surface area (Å²) < 4.78 is 29.0. The highest BCUT2D eigenvalue weighted by Gasteiger charge is 2.02. The van der Waals surface area contributed by atoms with E-state index < -0.39 is 0 Å². The van der Waals surface area contributed by atoms with Crippen molar-refractivity contribution >= 4 is 5.78 Å². The van der Waals surface area contributed by atoms with E-state index in [4.69, 9.17) is 23.7 Å². The third kappa shape index (κ3) is 18.7. The second kappa shape index (κ2) is 21.2. The number of carbonyl (C=O) groups excluding carboxylic acids is 1. The third-order valence-electron chi connectivity index (χ3n) is 4.90. The predicted octanol–water partition coefficient (Wildman–Crippen LogP) is 3.45. The highest BCUT2D eigenvalue weighted by atomic mass is 16.6. The van der Waals surface area contributed by atoms with Crippen LogP contribution in [0.3, 0.4) is 0 Å². The van der Waals surface area contributed by atoms with Crippen LogP contribution in [0.5, 0.6) is 0 Å². The van der Waals surface area contributed by atoms with Gasteiger partial charge in [0.05, 0.1) is 65.7 Å². The zero-order valence-electron chi connectivity index (χ0n) is 21.0. The van der Waals surface area contributed by atoms with Gasteiger partial charge in [-0.15, -0.1) is 5.10 Å². The molecule has 9 heteroatoms. The number of hydrogen-bond acceptors (Lipinski definition) is 8. The van der Waals surface area contributed by atoms with E-state index in [1.165, 1.54) is 25.7 Å². The Hall–Kier alpha value is -1.39. The number of Topliss-reactive ketones (excluding diaryl/α,β-unsaturated/α-hetero) is 1. The number of unbranched alkanes of at least 4 members (excludes halogenated alkanes) is 3. The average molecular weight is 472 g/mol. The van der Waals surface area contributed by atoms with E-state index in [2.05, 4.69) is 24.2 Å². The molecule has 1 aromatic rings. The molecule has 0 saturated carbocycles. The molecule has 1 aromatic heterocycles. The van der Waals surface area contributed by atoms with Crippen molar-refractivity contribution < 1.29 is 28.5 Å². The van der Waals surface area contributed by atoms with Crippen LogP contribution in [0.1, 0.15) is 65.0 Å². The summed E-state index contributed by atoms with van der Waals surface area (Å²) >= 11 is 0. The molecular weight excluding hydrogens is 426 g/mol. The molecule has 1 heterocycles. The van der Waals surface area contributed by atoms with Crippen LogP contribution in [0.15, 0.2) is 6.20 Å². The number of rotatable bonds is 24. The molecule has 0 saturated heterocycles. The van der Waals surface area contributed by atoms with Crippen LogP contribution >= 0.6 is 0 Å². The average Bonchev–Trinajstić information content (AvgIpc) is 3.25. The number of aryl methyl sites for hydroxylation is 1. The van der Waals surface area contributed by atoms with Crippen molar-refractivity contribution in [2.75, 3.05) is 59.5 Å². The summed E-state index contributed by atoms with van der Waals surface area (Å²) in [5.41, 5.74) is 0.848. The van der Waals surface area contributed by atoms with E-state index in [9.17, 15) is 4.79 Å². The van der Waals surface area contributed by atoms with E-state index >= 15 is 0 Å². The molecule has 0 aliphatic heterocycles. The van der Waals surface area contributed by atoms with Gasteiger partial charge in [-0.1, -0.05) is 51.7 Å². The predicted molar refractivity (Wildman–Crippen MR) is 126 cm³/mol. The summed E-state index contributed by atoms with van der Waals surface area (Å²) in [5, 5.41) is 8.32. The minimum absolute atomic E-state index is 0.102. The van der Waals surface area contributed by atoms with Crippen LogP contribution in [-0.4, -0.2) is 80.2 Å². The molecule has 0 radical (unpaired) electrons. The fraction of sp³-hybridized carbons (Fsp3) is 0.875. The number of carbonyl (C=O) groups is 1. The SMILES string of the molecule is CCC(=O)COCCOCCOCCOCCOCc1cn(CCCCCCC(C)C)nn1. The van der Waals surface area contributed by atoms with Gasteiger partial charge in [-0.3, -0.25) is 9.48 Å². The van der Waals surface area contributed by atoms with E-state index in [0.29, 0.717) is 65.9 Å². The van der Waals surface area contributed by atoms with Gasteiger partial charge in [0.15, 0.2) is 5.78 Å². The molecule has 0 aromatic carbocycles. The van der Waals surface area contributed by atoms with Gasteiger partial charge in [0, 0.05) is 13.0 Å². The largest absolute Gasteiger partial charge is 0.377 e. The van der Waals surface area contributed by atoms with Crippen LogP contribution in [-0.2, 0) is 41.6 Å². The second-order valence-corrected chi connectivity index (χ2v) is 8.40. The van der Waals surface area contributed by atoms with Crippen molar-refractivity contribution in [1.29, 1.82) is 0 Å². The first-order valence-corrected chi connectivity index (χ1v) is 12.4. The molecule has 1 rings (SSSR count). The molecule has 0 aliphatic carbocycles. The smallest absolute Gasteiger partial charge is 0.158 e. The highest BCUT2D eigenvalue weighted by molar-refractivity contribution is 5.79. The molecule has 0 N–H and O–H groups in total. The molecule has 192 valence electrons. The minimum Gasteiger partial charge on any atom is -0.377 e. The standard InChI is InChI=1S/C24H45N3O6/c1-4-24(28)21-33-18-16-31-14-12-29-11-13-30-15-17-32-20-23-19-27(26-25-23)10-8-6-5-7-9-22(2)3/h19,22H,4-18,20-21H2,1-3H3. The van der Waals surface area contributed by atoms with Gasteiger partial charge in [-0.25, -0.2) is 0 Å². The molecule has 0 fully saturated rings. The molecule has 33 heavy (non-hydrogen) atoms. The Morgan fingerprint density at radius 3 is 2.03 bits per heavy atom. The highest BCUT2D eigenvalue weighted by Crippen LogP contribution is 2.10. The Morgan fingerprint density at radius 1 is 0.848 bits per heavy atom. The first-order valence-electron chi connectivity index (χ1n) is 12.4. The summed E-state index contributed by atoms with van der Waals surface area (Å²) in [4.78, 5) is 11.1. The lowest BCUT2D eigenvalue weighted by Crippen LogP contribution is -2.14. The van der Waals surface area contributed by atoms with Gasteiger partial charge < -0.3 is 23.7 Å². The van der Waals surface area contributed by atoms with Crippen molar-refractivity contribution in [2.45, 2.75) is 72.4 Å². The lowest BCUT2D eigenvalue weighted by atomic mass is 10.0. The van der Waals surface area contributed by atoms with Gasteiger partial charge in [0.2, 0.25) is 0 Å². The van der Waals surface area contributed by atoms with Crippen LogP contribution in [0.25, 0.3) is 0 Å². The first-order chi connectivity index (χ1) is 16.1. The van der Waals surface area contributed by atoms with Gasteiger partial charge in [-0.05, 0) is 12.3 Å². The summed E-state index contributed by atoms with van der Waals surface area (Å²) in [7, 11) is 0. The number of ether oxygens (including phenoxy) is 5. The lowest BCUT2D eigenvalue weighted by molar-refractivity contribution is -0.123. The zero-order valence-corrected chi connectivity index (χ0v) is 21.0. The maximum Gasteiger partial charge on any atom is 0.158 e. The Kier molecular flexibility index (Phi) is 19.0. The summed E-state index contributed by atoms with van der Waals surface area (Å²) in [5.74, 6) is 0.902. The van der Waals surface area contributed by atoms with Crippen molar-refractivity contribution in [3.8, 4) is 0 Å². The fourth-order valence-electron chi connectivity index (χ4n) is 2.94. The number of ketones is 1. The van der Waals surface area contributed by atoms with Gasteiger partial charge in [0.25, 0.3) is 0 Å². The van der Waals surface area contributed by atoms with Crippen LogP contribution in [0.2, 0.25) is 0 Å². The number of nitrogens with zero attached hydrogens (tertiary/aromatic N) is 3. The molecule has 0 spiro atoms. The summed E-state index contributed by atoms with van der Waals surface area (Å²) in [6.45, 7) is 11.8. The minimum atomic E-state index is 0.102. The first kappa shape index (κ1) is 29.6. The summed E-state index contributed by atoms with van der Waals surface area (Å²) in [6.07, 6.45) is 8.77. The number of hydrogen-bond donors (Lipinski definition) is 0. The quantitative estimate of drug-likeness (QED) is 0.212. The molecule has 0 aliphatic rings. The molecule has 0 unspecified atom stereocenters. The molecule has 0 amide bonds. The van der Waals surface area contributed by atoms with E-state index in [1.807, 2.05) is 17.8 Å². The monoisotopic (exact) mass is 471 g/mol.